The molecule has 0 aromatic heterocycles. The highest BCUT2D eigenvalue weighted by Gasteiger charge is 2.20. The number of aryl methyl sites for hydroxylation is 1. The number of aromatic hydroxyl groups is 1. The molecule has 14 heavy (non-hydrogen) atoms. The Morgan fingerprint density at radius 2 is 2.00 bits per heavy atom. The van der Waals surface area contributed by atoms with Gasteiger partial charge in [-0.05, 0) is 31.0 Å². The van der Waals surface area contributed by atoms with Gasteiger partial charge in [0.25, 0.3) is 0 Å². The molecule has 1 unspecified atom stereocenters. The van der Waals surface area contributed by atoms with Crippen LogP contribution in [0.2, 0.25) is 0 Å². The fourth-order valence-corrected chi connectivity index (χ4v) is 1.34. The molecule has 0 aliphatic heterocycles. The first-order valence-electron chi connectivity index (χ1n) is 4.22. The summed E-state index contributed by atoms with van der Waals surface area (Å²) in [6.07, 6.45) is 0. The van der Waals surface area contributed by atoms with E-state index < -0.39 is 12.0 Å². The Morgan fingerprint density at radius 3 is 2.50 bits per heavy atom. The molecule has 4 heteroatoms. The zero-order valence-electron chi connectivity index (χ0n) is 8.11. The van der Waals surface area contributed by atoms with E-state index in [0.29, 0.717) is 0 Å². The molecule has 0 heterocycles. The highest BCUT2D eigenvalue weighted by atomic mass is 16.4. The van der Waals surface area contributed by atoms with Crippen LogP contribution in [0.25, 0.3) is 0 Å². The van der Waals surface area contributed by atoms with Crippen LogP contribution >= 0.6 is 0 Å². The number of nitrogens with two attached hydrogens (primary N) is 1. The van der Waals surface area contributed by atoms with Crippen LogP contribution in [0, 0.1) is 13.8 Å². The van der Waals surface area contributed by atoms with Crippen molar-refractivity contribution in [2.75, 3.05) is 0 Å². The maximum atomic E-state index is 10.7. The number of aliphatic carboxylic acids is 1. The molecule has 0 aliphatic rings. The quantitative estimate of drug-likeness (QED) is 0.659. The van der Waals surface area contributed by atoms with Crippen LogP contribution in [0.1, 0.15) is 22.7 Å². The average molecular weight is 195 g/mol. The number of carboxylic acid groups (broad SMARTS) is 1. The summed E-state index contributed by atoms with van der Waals surface area (Å²) in [5.74, 6) is -1.21. The molecule has 1 aromatic carbocycles. The fourth-order valence-electron chi connectivity index (χ4n) is 1.34. The van der Waals surface area contributed by atoms with Gasteiger partial charge in [0.05, 0.1) is 0 Å². The van der Waals surface area contributed by atoms with Gasteiger partial charge in [-0.1, -0.05) is 6.07 Å². The minimum absolute atomic E-state index is 0.0667. The van der Waals surface area contributed by atoms with Crippen LogP contribution in [-0.4, -0.2) is 16.2 Å². The Kier molecular flexibility index (Phi) is 2.76. The minimum atomic E-state index is -1.17. The van der Waals surface area contributed by atoms with E-state index in [1.54, 1.807) is 13.0 Å². The largest absolute Gasteiger partial charge is 0.508 e. The Balaban J connectivity index is 3.32. The number of benzene rings is 1. The molecule has 0 aliphatic carbocycles. The van der Waals surface area contributed by atoms with E-state index in [4.69, 9.17) is 10.8 Å². The van der Waals surface area contributed by atoms with E-state index in [9.17, 15) is 9.90 Å². The van der Waals surface area contributed by atoms with Crippen molar-refractivity contribution in [3.63, 3.8) is 0 Å². The fraction of sp³-hybridized carbons (Fsp3) is 0.300. The SMILES string of the molecule is Cc1ccc(O)c(C(N)C(=O)O)c1C. The van der Waals surface area contributed by atoms with Crippen LogP contribution in [0.5, 0.6) is 5.75 Å². The molecule has 0 fully saturated rings. The average Bonchev–Trinajstić information content (AvgIpc) is 2.12. The molecule has 1 rings (SSSR count). The van der Waals surface area contributed by atoms with Gasteiger partial charge in [0, 0.05) is 5.56 Å². The molecule has 76 valence electrons. The molecule has 4 nitrogen and oxygen atoms in total. The lowest BCUT2D eigenvalue weighted by Gasteiger charge is -2.14. The first-order valence-corrected chi connectivity index (χ1v) is 4.22. The van der Waals surface area contributed by atoms with Gasteiger partial charge in [-0.15, -0.1) is 0 Å². The molecule has 0 amide bonds. The van der Waals surface area contributed by atoms with Gasteiger partial charge in [0.15, 0.2) is 0 Å². The van der Waals surface area contributed by atoms with E-state index >= 15 is 0 Å². The van der Waals surface area contributed by atoms with Crippen molar-refractivity contribution in [3.8, 4) is 5.75 Å². The molecular formula is C10H13NO3. The van der Waals surface area contributed by atoms with Gasteiger partial charge in [-0.2, -0.15) is 0 Å². The molecular weight excluding hydrogens is 182 g/mol. The summed E-state index contributed by atoms with van der Waals surface area (Å²) in [7, 11) is 0. The first-order chi connectivity index (χ1) is 6.45. The molecule has 0 bridgehead atoms. The normalized spacial score (nSPS) is 12.5. The lowest BCUT2D eigenvalue weighted by Crippen LogP contribution is -2.22. The highest BCUT2D eigenvalue weighted by Crippen LogP contribution is 2.28. The van der Waals surface area contributed by atoms with Crippen molar-refractivity contribution in [2.45, 2.75) is 19.9 Å². The second kappa shape index (κ2) is 3.67. The van der Waals surface area contributed by atoms with Crippen molar-refractivity contribution in [1.29, 1.82) is 0 Å². The van der Waals surface area contributed by atoms with E-state index in [1.807, 2.05) is 6.92 Å². The van der Waals surface area contributed by atoms with E-state index in [2.05, 4.69) is 0 Å². The van der Waals surface area contributed by atoms with Gasteiger partial charge in [0.1, 0.15) is 11.8 Å². The van der Waals surface area contributed by atoms with Gasteiger partial charge in [-0.25, -0.2) is 0 Å². The number of hydrogen-bond donors (Lipinski definition) is 3. The van der Waals surface area contributed by atoms with Crippen LogP contribution in [-0.2, 0) is 4.79 Å². The number of carboxylic acids is 1. The van der Waals surface area contributed by atoms with E-state index in [0.717, 1.165) is 11.1 Å². The monoisotopic (exact) mass is 195 g/mol. The Morgan fingerprint density at radius 1 is 1.43 bits per heavy atom. The number of rotatable bonds is 2. The summed E-state index contributed by atoms with van der Waals surface area (Å²) >= 11 is 0. The van der Waals surface area contributed by atoms with Gasteiger partial charge < -0.3 is 15.9 Å². The first kappa shape index (κ1) is 10.5. The van der Waals surface area contributed by atoms with Crippen LogP contribution in [0.4, 0.5) is 0 Å². The standard InChI is InChI=1S/C10H13NO3/c1-5-3-4-7(12)8(6(5)2)9(11)10(13)14/h3-4,9,12H,11H2,1-2H3,(H,13,14). The van der Waals surface area contributed by atoms with Crippen molar-refractivity contribution in [2.24, 2.45) is 5.73 Å². The third kappa shape index (κ3) is 1.70. The zero-order valence-corrected chi connectivity index (χ0v) is 8.11. The molecule has 1 atom stereocenters. The lowest BCUT2D eigenvalue weighted by molar-refractivity contribution is -0.138. The molecule has 1 aromatic rings. The molecule has 4 N–H and O–H groups in total. The Labute approximate surface area is 82.0 Å². The topological polar surface area (TPSA) is 83.5 Å². The zero-order chi connectivity index (χ0) is 10.9. The molecule has 0 saturated heterocycles. The number of hydrogen-bond acceptors (Lipinski definition) is 3. The van der Waals surface area contributed by atoms with Gasteiger partial charge in [0.2, 0.25) is 0 Å². The van der Waals surface area contributed by atoms with E-state index in [-0.39, 0.29) is 11.3 Å². The maximum absolute atomic E-state index is 10.7. The van der Waals surface area contributed by atoms with Gasteiger partial charge >= 0.3 is 5.97 Å². The number of phenolic OH excluding ortho intramolecular Hbond substituents is 1. The summed E-state index contributed by atoms with van der Waals surface area (Å²) in [6, 6.07) is 2.01. The summed E-state index contributed by atoms with van der Waals surface area (Å²) in [6.45, 7) is 3.58. The van der Waals surface area contributed by atoms with Crippen molar-refractivity contribution in [1.82, 2.24) is 0 Å². The van der Waals surface area contributed by atoms with Crippen molar-refractivity contribution in [3.05, 3.63) is 28.8 Å². The summed E-state index contributed by atoms with van der Waals surface area (Å²) in [5, 5.41) is 18.2. The second-order valence-corrected chi connectivity index (χ2v) is 3.26. The summed E-state index contributed by atoms with van der Waals surface area (Å²) in [4.78, 5) is 10.7. The maximum Gasteiger partial charge on any atom is 0.325 e. The summed E-state index contributed by atoms with van der Waals surface area (Å²) < 4.78 is 0. The van der Waals surface area contributed by atoms with Crippen molar-refractivity contribution >= 4 is 5.97 Å². The number of phenols is 1. The van der Waals surface area contributed by atoms with Crippen LogP contribution in [0.3, 0.4) is 0 Å². The molecule has 0 spiro atoms. The predicted molar refractivity (Wildman–Crippen MR) is 52.1 cm³/mol. The third-order valence-electron chi connectivity index (χ3n) is 2.34. The third-order valence-corrected chi connectivity index (χ3v) is 2.34. The lowest BCUT2D eigenvalue weighted by atomic mass is 9.97. The van der Waals surface area contributed by atoms with E-state index in [1.165, 1.54) is 6.07 Å². The Bertz CT molecular complexity index is 374. The Hall–Kier alpha value is -1.55. The molecule has 0 saturated carbocycles. The second-order valence-electron chi connectivity index (χ2n) is 3.26. The van der Waals surface area contributed by atoms with Crippen molar-refractivity contribution < 1.29 is 15.0 Å². The smallest absolute Gasteiger partial charge is 0.325 e. The van der Waals surface area contributed by atoms with Crippen LogP contribution < -0.4 is 5.73 Å². The summed E-state index contributed by atoms with van der Waals surface area (Å²) in [5.41, 5.74) is 7.37. The van der Waals surface area contributed by atoms with Crippen LogP contribution in [0.15, 0.2) is 12.1 Å². The van der Waals surface area contributed by atoms with Gasteiger partial charge in [-0.3, -0.25) is 4.79 Å². The minimum Gasteiger partial charge on any atom is -0.508 e. The highest BCUT2D eigenvalue weighted by molar-refractivity contribution is 5.77. The predicted octanol–water partition coefficient (Wildman–Crippen LogP) is 1.09. The molecule has 0 radical (unpaired) electrons. The number of carbonyl (C=O) groups is 1.